The van der Waals surface area contributed by atoms with E-state index in [2.05, 4.69) is 16.9 Å². The molecule has 2 nitrogen and oxygen atoms in total. The second-order valence-electron chi connectivity index (χ2n) is 2.36. The van der Waals surface area contributed by atoms with Crippen molar-refractivity contribution in [3.05, 3.63) is 36.7 Å². The van der Waals surface area contributed by atoms with Gasteiger partial charge in [0.15, 0.2) is 0 Å². The molecular formula is C9H12N2. The Bertz CT molecular complexity index is 243. The van der Waals surface area contributed by atoms with Crippen LogP contribution in [0.15, 0.2) is 31.0 Å². The molecule has 58 valence electrons. The summed E-state index contributed by atoms with van der Waals surface area (Å²) in [4.78, 5) is 4.08. The molecule has 0 aliphatic carbocycles. The van der Waals surface area contributed by atoms with Crippen LogP contribution in [0.5, 0.6) is 0 Å². The quantitative estimate of drug-likeness (QED) is 0.663. The minimum absolute atomic E-state index is 0.795. The van der Waals surface area contributed by atoms with Gasteiger partial charge in [0, 0.05) is 24.1 Å². The summed E-state index contributed by atoms with van der Waals surface area (Å²) in [5.41, 5.74) is 2.12. The van der Waals surface area contributed by atoms with Crippen molar-refractivity contribution in [2.24, 2.45) is 0 Å². The third kappa shape index (κ3) is 2.42. The summed E-state index contributed by atoms with van der Waals surface area (Å²) < 4.78 is 0. The van der Waals surface area contributed by atoms with Crippen LogP contribution in [0.3, 0.4) is 0 Å². The summed E-state index contributed by atoms with van der Waals surface area (Å²) in [6, 6.07) is 3.94. The summed E-state index contributed by atoms with van der Waals surface area (Å²) >= 11 is 0. The Hall–Kier alpha value is -1.31. The number of anilines is 1. The summed E-state index contributed by atoms with van der Waals surface area (Å²) in [5, 5.41) is 3.18. The fraction of sp³-hybridized carbons (Fsp3) is 0.222. The van der Waals surface area contributed by atoms with Crippen molar-refractivity contribution in [1.82, 2.24) is 4.98 Å². The molecule has 2 heteroatoms. The Balaban J connectivity index is 2.63. The van der Waals surface area contributed by atoms with Crippen LogP contribution in [0.4, 0.5) is 5.69 Å². The van der Waals surface area contributed by atoms with Crippen LogP contribution in [0, 0.1) is 6.92 Å². The van der Waals surface area contributed by atoms with Crippen LogP contribution in [-0.4, -0.2) is 11.5 Å². The number of nitrogens with one attached hydrogen (secondary N) is 1. The molecule has 0 unspecified atom stereocenters. The number of hydrogen-bond acceptors (Lipinski definition) is 2. The van der Waals surface area contributed by atoms with E-state index in [1.54, 1.807) is 6.20 Å². The highest BCUT2D eigenvalue weighted by atomic mass is 14.9. The first-order chi connectivity index (χ1) is 5.33. The average molecular weight is 148 g/mol. The van der Waals surface area contributed by atoms with Gasteiger partial charge in [0.2, 0.25) is 0 Å². The summed E-state index contributed by atoms with van der Waals surface area (Å²) in [7, 11) is 0. The zero-order valence-corrected chi connectivity index (χ0v) is 6.67. The van der Waals surface area contributed by atoms with Gasteiger partial charge in [-0.25, -0.2) is 0 Å². The second kappa shape index (κ2) is 3.76. The fourth-order valence-corrected chi connectivity index (χ4v) is 0.846. The van der Waals surface area contributed by atoms with Crippen LogP contribution in [0.25, 0.3) is 0 Å². The minimum atomic E-state index is 0.795. The van der Waals surface area contributed by atoms with Gasteiger partial charge in [0.25, 0.3) is 0 Å². The topological polar surface area (TPSA) is 24.9 Å². The molecule has 11 heavy (non-hydrogen) atoms. The monoisotopic (exact) mass is 148 g/mol. The van der Waals surface area contributed by atoms with Gasteiger partial charge in [0.05, 0.1) is 0 Å². The van der Waals surface area contributed by atoms with Gasteiger partial charge in [-0.3, -0.25) is 4.98 Å². The Kier molecular flexibility index (Phi) is 2.66. The molecule has 0 atom stereocenters. The third-order valence-corrected chi connectivity index (χ3v) is 1.35. The van der Waals surface area contributed by atoms with E-state index in [1.807, 2.05) is 25.1 Å². The highest BCUT2D eigenvalue weighted by Gasteiger charge is 1.88. The molecule has 0 saturated carbocycles. The Labute approximate surface area is 67.0 Å². The average Bonchev–Trinajstić information content (AvgIpc) is 2.01. The van der Waals surface area contributed by atoms with E-state index in [0.717, 1.165) is 17.9 Å². The lowest BCUT2D eigenvalue weighted by atomic mass is 10.3. The van der Waals surface area contributed by atoms with Crippen molar-refractivity contribution in [2.45, 2.75) is 6.92 Å². The molecule has 0 aliphatic heterocycles. The molecule has 0 bridgehead atoms. The van der Waals surface area contributed by atoms with E-state index in [9.17, 15) is 0 Å². The lowest BCUT2D eigenvalue weighted by Crippen LogP contribution is -1.97. The number of hydrogen-bond donors (Lipinski definition) is 1. The van der Waals surface area contributed by atoms with Crippen LogP contribution in [0.2, 0.25) is 0 Å². The van der Waals surface area contributed by atoms with E-state index < -0.39 is 0 Å². The summed E-state index contributed by atoms with van der Waals surface area (Å²) in [6.07, 6.45) is 3.62. The SMILES string of the molecule is C=CCNc1ccnc(C)c1. The Morgan fingerprint density at radius 1 is 1.73 bits per heavy atom. The molecule has 1 aromatic heterocycles. The standard InChI is InChI=1S/C9H12N2/c1-3-5-11-9-4-6-10-8(2)7-9/h3-4,6-7H,1,5H2,2H3,(H,10,11). The lowest BCUT2D eigenvalue weighted by Gasteiger charge is -2.02. The maximum absolute atomic E-state index is 4.08. The number of pyridine rings is 1. The van der Waals surface area contributed by atoms with Crippen molar-refractivity contribution in [1.29, 1.82) is 0 Å². The van der Waals surface area contributed by atoms with E-state index in [1.165, 1.54) is 0 Å². The van der Waals surface area contributed by atoms with Crippen molar-refractivity contribution in [3.63, 3.8) is 0 Å². The van der Waals surface area contributed by atoms with Gasteiger partial charge < -0.3 is 5.32 Å². The Morgan fingerprint density at radius 2 is 2.55 bits per heavy atom. The molecule has 0 radical (unpaired) electrons. The maximum Gasteiger partial charge on any atom is 0.0393 e. The molecule has 0 aliphatic rings. The van der Waals surface area contributed by atoms with Gasteiger partial charge in [-0.15, -0.1) is 6.58 Å². The van der Waals surface area contributed by atoms with Crippen LogP contribution >= 0.6 is 0 Å². The van der Waals surface area contributed by atoms with Gasteiger partial charge in [0.1, 0.15) is 0 Å². The molecule has 0 aromatic carbocycles. The summed E-state index contributed by atoms with van der Waals surface area (Å²) in [5.74, 6) is 0. The predicted octanol–water partition coefficient (Wildman–Crippen LogP) is 1.99. The van der Waals surface area contributed by atoms with E-state index in [-0.39, 0.29) is 0 Å². The first-order valence-corrected chi connectivity index (χ1v) is 3.60. The molecule has 0 spiro atoms. The minimum Gasteiger partial charge on any atom is -0.381 e. The highest BCUT2D eigenvalue weighted by molar-refractivity contribution is 5.43. The highest BCUT2D eigenvalue weighted by Crippen LogP contribution is 2.05. The van der Waals surface area contributed by atoms with E-state index >= 15 is 0 Å². The number of nitrogens with zero attached hydrogens (tertiary/aromatic N) is 1. The van der Waals surface area contributed by atoms with Crippen molar-refractivity contribution in [2.75, 3.05) is 11.9 Å². The van der Waals surface area contributed by atoms with Crippen LogP contribution < -0.4 is 5.32 Å². The molecule has 1 aromatic rings. The van der Waals surface area contributed by atoms with E-state index in [4.69, 9.17) is 0 Å². The third-order valence-electron chi connectivity index (χ3n) is 1.35. The summed E-state index contributed by atoms with van der Waals surface area (Å²) in [6.45, 7) is 6.39. The van der Waals surface area contributed by atoms with Crippen molar-refractivity contribution >= 4 is 5.69 Å². The van der Waals surface area contributed by atoms with Gasteiger partial charge in [-0.1, -0.05) is 6.08 Å². The Morgan fingerprint density at radius 3 is 3.18 bits per heavy atom. The molecule has 1 N–H and O–H groups in total. The molecule has 1 rings (SSSR count). The predicted molar refractivity (Wildman–Crippen MR) is 47.7 cm³/mol. The van der Waals surface area contributed by atoms with Crippen molar-refractivity contribution in [3.8, 4) is 0 Å². The van der Waals surface area contributed by atoms with Gasteiger partial charge >= 0.3 is 0 Å². The van der Waals surface area contributed by atoms with Gasteiger partial charge in [-0.2, -0.15) is 0 Å². The fourth-order valence-electron chi connectivity index (χ4n) is 0.846. The maximum atomic E-state index is 4.08. The van der Waals surface area contributed by atoms with Crippen molar-refractivity contribution < 1.29 is 0 Å². The van der Waals surface area contributed by atoms with Gasteiger partial charge in [-0.05, 0) is 19.1 Å². The molecular weight excluding hydrogens is 136 g/mol. The second-order valence-corrected chi connectivity index (χ2v) is 2.36. The number of aryl methyl sites for hydroxylation is 1. The molecule has 0 fully saturated rings. The first kappa shape index (κ1) is 7.79. The van der Waals surface area contributed by atoms with Crippen LogP contribution in [0.1, 0.15) is 5.69 Å². The van der Waals surface area contributed by atoms with Crippen LogP contribution in [-0.2, 0) is 0 Å². The molecule has 0 amide bonds. The normalized spacial score (nSPS) is 9.18. The van der Waals surface area contributed by atoms with E-state index in [0.29, 0.717) is 0 Å². The first-order valence-electron chi connectivity index (χ1n) is 3.60. The number of rotatable bonds is 3. The lowest BCUT2D eigenvalue weighted by molar-refractivity contribution is 1.19. The molecule has 0 saturated heterocycles. The smallest absolute Gasteiger partial charge is 0.0393 e. The largest absolute Gasteiger partial charge is 0.381 e. The zero-order chi connectivity index (χ0) is 8.10. The zero-order valence-electron chi connectivity index (χ0n) is 6.67. The number of aromatic nitrogens is 1. The molecule has 1 heterocycles.